The summed E-state index contributed by atoms with van der Waals surface area (Å²) in [6.45, 7) is 7.90. The zero-order valence-electron chi connectivity index (χ0n) is 22.4. The minimum absolute atomic E-state index is 0.0919. The number of carbonyl (C=O) groups is 1. The van der Waals surface area contributed by atoms with E-state index >= 15 is 0 Å². The van der Waals surface area contributed by atoms with Crippen LogP contribution in [0.3, 0.4) is 0 Å². The number of imidazole rings is 1. The highest BCUT2D eigenvalue weighted by molar-refractivity contribution is 5.79. The van der Waals surface area contributed by atoms with Crippen LogP contribution in [-0.4, -0.2) is 22.0 Å². The number of carbonyl (C=O) groups excluding carboxylic acids is 1. The molecule has 4 nitrogen and oxygen atoms in total. The maximum atomic E-state index is 13.4. The molecule has 7 heteroatoms. The molecule has 2 aliphatic rings. The third-order valence-electron chi connectivity index (χ3n) is 9.02. The maximum Gasteiger partial charge on any atom is 0.416 e. The lowest BCUT2D eigenvalue weighted by Gasteiger charge is -2.27. The van der Waals surface area contributed by atoms with Crippen LogP contribution >= 0.6 is 0 Å². The fourth-order valence-electron chi connectivity index (χ4n) is 6.67. The second-order valence-electron chi connectivity index (χ2n) is 11.5. The summed E-state index contributed by atoms with van der Waals surface area (Å²) in [5.74, 6) is 3.42. The summed E-state index contributed by atoms with van der Waals surface area (Å²) in [5, 5.41) is 3.23. The van der Waals surface area contributed by atoms with E-state index < -0.39 is 11.7 Å². The summed E-state index contributed by atoms with van der Waals surface area (Å²) in [5.41, 5.74) is 1.09. The predicted molar refractivity (Wildman–Crippen MR) is 140 cm³/mol. The minimum Gasteiger partial charge on any atom is -0.355 e. The van der Waals surface area contributed by atoms with Gasteiger partial charge in [-0.05, 0) is 60.1 Å². The summed E-state index contributed by atoms with van der Waals surface area (Å²) in [4.78, 5) is 17.7. The summed E-state index contributed by atoms with van der Waals surface area (Å²) >= 11 is 0. The molecule has 1 amide bonds. The van der Waals surface area contributed by atoms with Crippen LogP contribution in [0, 0.1) is 35.5 Å². The van der Waals surface area contributed by atoms with Gasteiger partial charge in [0.25, 0.3) is 0 Å². The molecule has 0 radical (unpaired) electrons. The molecule has 0 saturated heterocycles. The SMILES string of the molecule is CCCCC1CCCC2C(C)C2C(C(=O)NCCc2cncn2Cc2ccc(C(F)(F)F)cc2)CC1C. The molecule has 1 aromatic heterocycles. The van der Waals surface area contributed by atoms with Crippen molar-refractivity contribution < 1.29 is 18.0 Å². The van der Waals surface area contributed by atoms with Crippen LogP contribution in [0.2, 0.25) is 0 Å². The number of alkyl halides is 3. The molecule has 1 heterocycles. The quantitative estimate of drug-likeness (QED) is 0.385. The fraction of sp³-hybridized carbons (Fsp3) is 0.667. The molecule has 4 rings (SSSR count). The predicted octanol–water partition coefficient (Wildman–Crippen LogP) is 7.12. The number of nitrogens with zero attached hydrogens (tertiary/aromatic N) is 2. The summed E-state index contributed by atoms with van der Waals surface area (Å²) in [7, 11) is 0. The van der Waals surface area contributed by atoms with Crippen molar-refractivity contribution >= 4 is 5.91 Å². The van der Waals surface area contributed by atoms with Crippen molar-refractivity contribution in [2.45, 2.75) is 84.9 Å². The van der Waals surface area contributed by atoms with E-state index in [0.717, 1.165) is 35.7 Å². The van der Waals surface area contributed by atoms with Crippen molar-refractivity contribution in [1.29, 1.82) is 0 Å². The van der Waals surface area contributed by atoms with Crippen LogP contribution in [0.5, 0.6) is 0 Å². The van der Waals surface area contributed by atoms with Gasteiger partial charge in [0.05, 0.1) is 11.9 Å². The molecule has 1 aromatic carbocycles. The number of aromatic nitrogens is 2. The van der Waals surface area contributed by atoms with E-state index in [1.807, 2.05) is 4.57 Å². The molecule has 0 bridgehead atoms. The molecule has 0 spiro atoms. The Hall–Kier alpha value is -2.31. The standard InChI is InChI=1S/C30H42F3N3O/c1-4-5-7-23-8-6-9-26-21(3)28(26)27(16-20(23)2)29(37)35-15-14-25-17-34-19-36(25)18-22-10-12-24(13-11-22)30(31,32)33/h10-13,17,19-21,23,26-28H,4-9,14-16,18H2,1-3H3,(H,35,37). The van der Waals surface area contributed by atoms with Gasteiger partial charge in [-0.2, -0.15) is 13.2 Å². The number of unbranched alkanes of at least 4 members (excludes halogenated alkanes) is 1. The Labute approximate surface area is 219 Å². The van der Waals surface area contributed by atoms with E-state index in [2.05, 4.69) is 31.1 Å². The lowest BCUT2D eigenvalue weighted by atomic mass is 9.79. The number of rotatable bonds is 9. The Morgan fingerprint density at radius 1 is 1.16 bits per heavy atom. The third-order valence-corrected chi connectivity index (χ3v) is 9.02. The maximum absolute atomic E-state index is 13.4. The molecule has 1 N–H and O–H groups in total. The second-order valence-corrected chi connectivity index (χ2v) is 11.5. The summed E-state index contributed by atoms with van der Waals surface area (Å²) < 4.78 is 40.5. The van der Waals surface area contributed by atoms with Crippen LogP contribution in [0.15, 0.2) is 36.8 Å². The smallest absolute Gasteiger partial charge is 0.355 e. The van der Waals surface area contributed by atoms with E-state index in [0.29, 0.717) is 43.2 Å². The minimum atomic E-state index is -4.33. The lowest BCUT2D eigenvalue weighted by molar-refractivity contribution is -0.137. The van der Waals surface area contributed by atoms with Crippen LogP contribution < -0.4 is 5.32 Å². The van der Waals surface area contributed by atoms with Crippen LogP contribution in [0.1, 0.15) is 82.5 Å². The average molecular weight is 518 g/mol. The lowest BCUT2D eigenvalue weighted by Crippen LogP contribution is -2.35. The topological polar surface area (TPSA) is 46.9 Å². The molecule has 2 fully saturated rings. The fourth-order valence-corrected chi connectivity index (χ4v) is 6.67. The first-order chi connectivity index (χ1) is 17.7. The molecule has 2 aromatic rings. The number of benzene rings is 1. The number of nitrogens with one attached hydrogen (secondary N) is 1. The van der Waals surface area contributed by atoms with Gasteiger partial charge in [0.1, 0.15) is 0 Å². The van der Waals surface area contributed by atoms with Gasteiger partial charge in [0.15, 0.2) is 0 Å². The number of fused-ring (bicyclic) bond motifs is 1. The van der Waals surface area contributed by atoms with Crippen molar-refractivity contribution in [1.82, 2.24) is 14.9 Å². The molecule has 6 unspecified atom stereocenters. The molecular formula is C30H42F3N3O. The molecular weight excluding hydrogens is 475 g/mol. The summed E-state index contributed by atoms with van der Waals surface area (Å²) in [6, 6.07) is 5.24. The van der Waals surface area contributed by atoms with Gasteiger partial charge >= 0.3 is 6.18 Å². The van der Waals surface area contributed by atoms with E-state index in [1.165, 1.54) is 50.7 Å². The van der Waals surface area contributed by atoms with Gasteiger partial charge in [-0.15, -0.1) is 0 Å². The van der Waals surface area contributed by atoms with Gasteiger partial charge in [-0.3, -0.25) is 4.79 Å². The average Bonchev–Trinajstić information content (AvgIpc) is 3.25. The second kappa shape index (κ2) is 12.0. The first-order valence-corrected chi connectivity index (χ1v) is 14.1. The van der Waals surface area contributed by atoms with E-state index in [-0.39, 0.29) is 11.8 Å². The zero-order valence-corrected chi connectivity index (χ0v) is 22.4. The largest absolute Gasteiger partial charge is 0.416 e. The Balaban J connectivity index is 1.33. The van der Waals surface area contributed by atoms with Crippen LogP contribution in [0.25, 0.3) is 0 Å². The highest BCUT2D eigenvalue weighted by atomic mass is 19.4. The number of halogens is 3. The Kier molecular flexibility index (Phi) is 9.02. The van der Waals surface area contributed by atoms with Crippen molar-refractivity contribution in [2.75, 3.05) is 6.54 Å². The van der Waals surface area contributed by atoms with E-state index in [9.17, 15) is 18.0 Å². The number of amides is 1. The Bertz CT molecular complexity index is 1020. The molecule has 204 valence electrons. The molecule has 0 aliphatic heterocycles. The van der Waals surface area contributed by atoms with Gasteiger partial charge in [-0.1, -0.05) is 65.0 Å². The van der Waals surface area contributed by atoms with Gasteiger partial charge in [0.2, 0.25) is 5.91 Å². The molecule has 6 atom stereocenters. The highest BCUT2D eigenvalue weighted by Crippen LogP contribution is 2.56. The monoisotopic (exact) mass is 517 g/mol. The first kappa shape index (κ1) is 27.7. The number of hydrogen-bond donors (Lipinski definition) is 1. The van der Waals surface area contributed by atoms with Gasteiger partial charge in [0, 0.05) is 37.3 Å². The first-order valence-electron chi connectivity index (χ1n) is 14.1. The third kappa shape index (κ3) is 6.97. The Morgan fingerprint density at radius 2 is 1.92 bits per heavy atom. The number of hydrogen-bond acceptors (Lipinski definition) is 2. The van der Waals surface area contributed by atoms with Crippen molar-refractivity contribution in [3.63, 3.8) is 0 Å². The Morgan fingerprint density at radius 3 is 2.62 bits per heavy atom. The summed E-state index contributed by atoms with van der Waals surface area (Å²) in [6.07, 6.45) is 8.38. The van der Waals surface area contributed by atoms with Gasteiger partial charge in [-0.25, -0.2) is 4.98 Å². The van der Waals surface area contributed by atoms with Crippen LogP contribution in [-0.2, 0) is 23.9 Å². The highest BCUT2D eigenvalue weighted by Gasteiger charge is 2.53. The normalized spacial score (nSPS) is 28.1. The van der Waals surface area contributed by atoms with E-state index in [4.69, 9.17) is 0 Å². The van der Waals surface area contributed by atoms with Gasteiger partial charge < -0.3 is 9.88 Å². The van der Waals surface area contributed by atoms with Crippen molar-refractivity contribution in [3.8, 4) is 0 Å². The zero-order chi connectivity index (χ0) is 26.6. The van der Waals surface area contributed by atoms with E-state index in [1.54, 1.807) is 12.5 Å². The van der Waals surface area contributed by atoms with Crippen molar-refractivity contribution in [2.24, 2.45) is 35.5 Å². The van der Waals surface area contributed by atoms with Crippen LogP contribution in [0.4, 0.5) is 13.2 Å². The van der Waals surface area contributed by atoms with Crippen molar-refractivity contribution in [3.05, 3.63) is 53.6 Å². The molecule has 37 heavy (non-hydrogen) atoms. The molecule has 2 aliphatic carbocycles. The molecule has 2 saturated carbocycles.